The maximum Gasteiger partial charge on any atom is 0.126 e. The molecule has 2 aromatic carbocycles. The molecule has 1 aromatic heterocycles. The van der Waals surface area contributed by atoms with Crippen LogP contribution in [0.5, 0.6) is 11.5 Å². The molecule has 1 heterocycles. The zero-order valence-corrected chi connectivity index (χ0v) is 13.2. The van der Waals surface area contributed by atoms with Crippen molar-refractivity contribution >= 4 is 22.3 Å². The van der Waals surface area contributed by atoms with Crippen molar-refractivity contribution in [3.05, 3.63) is 53.7 Å². The minimum Gasteiger partial charge on any atom is -0.497 e. The molecule has 3 rings (SSSR count). The van der Waals surface area contributed by atoms with E-state index < -0.39 is 0 Å². The summed E-state index contributed by atoms with van der Waals surface area (Å²) in [6.07, 6.45) is 0.536. The van der Waals surface area contributed by atoms with E-state index in [2.05, 4.69) is 4.98 Å². The number of pyridine rings is 1. The lowest BCUT2D eigenvalue weighted by molar-refractivity contribution is 0.391. The molecule has 3 aromatic rings. The Labute approximate surface area is 134 Å². The van der Waals surface area contributed by atoms with Gasteiger partial charge in [0.1, 0.15) is 11.5 Å². The Morgan fingerprint density at radius 3 is 2.48 bits per heavy atom. The number of nitrogens with two attached hydrogens (primary N) is 2. The molecule has 0 atom stereocenters. The summed E-state index contributed by atoms with van der Waals surface area (Å²) in [6.45, 7) is 0. The lowest BCUT2D eigenvalue weighted by Gasteiger charge is -2.13. The van der Waals surface area contributed by atoms with Crippen LogP contribution in [0, 0.1) is 0 Å². The third-order valence-electron chi connectivity index (χ3n) is 3.90. The normalized spacial score (nSPS) is 10.7. The SMILES string of the molecule is COc1ccc(Cc2nc3ccccc3c(N)c2N)c(OC)c1. The summed E-state index contributed by atoms with van der Waals surface area (Å²) in [6, 6.07) is 13.4. The standard InChI is InChI=1S/C18H19N3O2/c1-22-12-8-7-11(16(10-12)23-2)9-15-18(20)17(19)13-5-3-4-6-14(13)21-15/h3-8,10H,9,20H2,1-2H3,(H2,19,21). The summed E-state index contributed by atoms with van der Waals surface area (Å²) in [4.78, 5) is 4.66. The summed E-state index contributed by atoms with van der Waals surface area (Å²) in [5, 5.41) is 0.871. The van der Waals surface area contributed by atoms with E-state index in [0.29, 0.717) is 17.8 Å². The first-order valence-corrected chi connectivity index (χ1v) is 7.27. The molecule has 0 fully saturated rings. The molecule has 5 nitrogen and oxygen atoms in total. The van der Waals surface area contributed by atoms with Crippen molar-refractivity contribution in [2.24, 2.45) is 0 Å². The maximum absolute atomic E-state index is 6.19. The number of hydrogen-bond donors (Lipinski definition) is 2. The Hall–Kier alpha value is -2.95. The molecule has 0 aliphatic rings. The van der Waals surface area contributed by atoms with Gasteiger partial charge in [-0.3, -0.25) is 4.98 Å². The van der Waals surface area contributed by atoms with Gasteiger partial charge >= 0.3 is 0 Å². The van der Waals surface area contributed by atoms with Gasteiger partial charge in [-0.1, -0.05) is 24.3 Å². The lowest BCUT2D eigenvalue weighted by Crippen LogP contribution is -2.05. The Bertz CT molecular complexity index is 862. The van der Waals surface area contributed by atoms with Crippen LogP contribution >= 0.6 is 0 Å². The van der Waals surface area contributed by atoms with Gasteiger partial charge in [0, 0.05) is 23.4 Å². The molecule has 0 spiro atoms. The number of nitrogens with zero attached hydrogens (tertiary/aromatic N) is 1. The van der Waals surface area contributed by atoms with Gasteiger partial charge in [-0.2, -0.15) is 0 Å². The fourth-order valence-corrected chi connectivity index (χ4v) is 2.62. The third kappa shape index (κ3) is 2.73. The smallest absolute Gasteiger partial charge is 0.126 e. The molecule has 0 aliphatic carbocycles. The Kier molecular flexibility index (Phi) is 3.93. The minimum absolute atomic E-state index is 0.515. The molecule has 5 heteroatoms. The number of rotatable bonds is 4. The highest BCUT2D eigenvalue weighted by Gasteiger charge is 2.13. The number of nitrogen functional groups attached to an aromatic ring is 2. The number of methoxy groups -OCH3 is 2. The minimum atomic E-state index is 0.515. The summed E-state index contributed by atoms with van der Waals surface area (Å²) in [5.41, 5.74) is 16.0. The molecule has 118 valence electrons. The van der Waals surface area contributed by atoms with Crippen LogP contribution in [0.2, 0.25) is 0 Å². The van der Waals surface area contributed by atoms with Gasteiger partial charge in [0.05, 0.1) is 36.8 Å². The lowest BCUT2D eigenvalue weighted by atomic mass is 10.0. The van der Waals surface area contributed by atoms with E-state index in [9.17, 15) is 0 Å². The van der Waals surface area contributed by atoms with Crippen molar-refractivity contribution < 1.29 is 9.47 Å². The summed E-state index contributed by atoms with van der Waals surface area (Å²) in [7, 11) is 3.25. The van der Waals surface area contributed by atoms with Gasteiger partial charge in [0.15, 0.2) is 0 Å². The van der Waals surface area contributed by atoms with E-state index in [0.717, 1.165) is 33.7 Å². The van der Waals surface area contributed by atoms with E-state index in [1.165, 1.54) is 0 Å². The predicted molar refractivity (Wildman–Crippen MR) is 92.9 cm³/mol. The molecule has 0 unspecified atom stereocenters. The summed E-state index contributed by atoms with van der Waals surface area (Å²) in [5.74, 6) is 1.47. The molecule has 0 radical (unpaired) electrons. The van der Waals surface area contributed by atoms with Gasteiger partial charge in [-0.05, 0) is 12.1 Å². The van der Waals surface area contributed by atoms with Crippen LogP contribution in [-0.2, 0) is 6.42 Å². The Balaban J connectivity index is 2.07. The molecule has 0 saturated heterocycles. The topological polar surface area (TPSA) is 83.4 Å². The molecule has 4 N–H and O–H groups in total. The molecule has 0 aliphatic heterocycles. The van der Waals surface area contributed by atoms with Crippen LogP contribution in [-0.4, -0.2) is 19.2 Å². The second-order valence-electron chi connectivity index (χ2n) is 5.26. The second-order valence-corrected chi connectivity index (χ2v) is 5.26. The summed E-state index contributed by atoms with van der Waals surface area (Å²) >= 11 is 0. The van der Waals surface area contributed by atoms with Crippen molar-refractivity contribution in [2.75, 3.05) is 25.7 Å². The fourth-order valence-electron chi connectivity index (χ4n) is 2.62. The number of benzene rings is 2. The highest BCUT2D eigenvalue weighted by atomic mass is 16.5. The van der Waals surface area contributed by atoms with E-state index in [-0.39, 0.29) is 0 Å². The number of aromatic nitrogens is 1. The first-order chi connectivity index (χ1) is 11.1. The monoisotopic (exact) mass is 309 g/mol. The highest BCUT2D eigenvalue weighted by Crippen LogP contribution is 2.32. The van der Waals surface area contributed by atoms with Crippen LogP contribution < -0.4 is 20.9 Å². The van der Waals surface area contributed by atoms with E-state index in [4.69, 9.17) is 20.9 Å². The number of hydrogen-bond acceptors (Lipinski definition) is 5. The number of fused-ring (bicyclic) bond motifs is 1. The van der Waals surface area contributed by atoms with Crippen LogP contribution in [0.3, 0.4) is 0 Å². The van der Waals surface area contributed by atoms with E-state index >= 15 is 0 Å². The average Bonchev–Trinajstić information content (AvgIpc) is 2.59. The molecule has 0 saturated carbocycles. The first-order valence-electron chi connectivity index (χ1n) is 7.27. The number of anilines is 2. The largest absolute Gasteiger partial charge is 0.497 e. The van der Waals surface area contributed by atoms with Crippen molar-refractivity contribution in [1.82, 2.24) is 4.98 Å². The molecular formula is C18H19N3O2. The van der Waals surface area contributed by atoms with Crippen LogP contribution in [0.15, 0.2) is 42.5 Å². The molecule has 0 amide bonds. The highest BCUT2D eigenvalue weighted by molar-refractivity contribution is 5.96. The maximum atomic E-state index is 6.19. The third-order valence-corrected chi connectivity index (χ3v) is 3.90. The van der Waals surface area contributed by atoms with Crippen molar-refractivity contribution in [3.8, 4) is 11.5 Å². The number of ether oxygens (including phenoxy) is 2. The first kappa shape index (κ1) is 15.0. The molecule has 0 bridgehead atoms. The van der Waals surface area contributed by atoms with Gasteiger partial charge in [-0.15, -0.1) is 0 Å². The average molecular weight is 309 g/mol. The zero-order chi connectivity index (χ0) is 16.4. The second kappa shape index (κ2) is 6.04. The van der Waals surface area contributed by atoms with Gasteiger partial charge in [0.25, 0.3) is 0 Å². The quantitative estimate of drug-likeness (QED) is 0.774. The van der Waals surface area contributed by atoms with Crippen molar-refractivity contribution in [3.63, 3.8) is 0 Å². The number of para-hydroxylation sites is 1. The van der Waals surface area contributed by atoms with Crippen LogP contribution in [0.25, 0.3) is 10.9 Å². The van der Waals surface area contributed by atoms with Crippen molar-refractivity contribution in [2.45, 2.75) is 6.42 Å². The zero-order valence-electron chi connectivity index (χ0n) is 13.2. The van der Waals surface area contributed by atoms with E-state index in [1.807, 2.05) is 42.5 Å². The Morgan fingerprint density at radius 2 is 1.74 bits per heavy atom. The molecule has 23 heavy (non-hydrogen) atoms. The van der Waals surface area contributed by atoms with Crippen molar-refractivity contribution in [1.29, 1.82) is 0 Å². The predicted octanol–water partition coefficient (Wildman–Crippen LogP) is 3.01. The summed E-state index contributed by atoms with van der Waals surface area (Å²) < 4.78 is 10.7. The van der Waals surface area contributed by atoms with Crippen LogP contribution in [0.4, 0.5) is 11.4 Å². The van der Waals surface area contributed by atoms with Gasteiger partial charge in [0.2, 0.25) is 0 Å². The van der Waals surface area contributed by atoms with Gasteiger partial charge in [-0.25, -0.2) is 0 Å². The Morgan fingerprint density at radius 1 is 0.957 bits per heavy atom. The van der Waals surface area contributed by atoms with E-state index in [1.54, 1.807) is 14.2 Å². The van der Waals surface area contributed by atoms with Crippen LogP contribution in [0.1, 0.15) is 11.3 Å². The fraction of sp³-hybridized carbons (Fsp3) is 0.167. The van der Waals surface area contributed by atoms with Gasteiger partial charge < -0.3 is 20.9 Å². The molecular weight excluding hydrogens is 290 g/mol.